The standard InChI is InChI=1S/C22H35NO3/c1-23-17-10-11-21(23)19-13-15-20(16-14-19)26-18-9-7-5-3-2-4-6-8-12-22(24)25/h13-16,21H,2-12,17-18H2,1H3,(H,24,25). The molecule has 0 aliphatic carbocycles. The third kappa shape index (κ3) is 7.77. The van der Waals surface area contributed by atoms with E-state index in [0.29, 0.717) is 12.5 Å². The van der Waals surface area contributed by atoms with Crippen LogP contribution in [0.25, 0.3) is 0 Å². The van der Waals surface area contributed by atoms with Crippen LogP contribution in [0.3, 0.4) is 0 Å². The van der Waals surface area contributed by atoms with Gasteiger partial charge in [0.2, 0.25) is 0 Å². The molecule has 1 fully saturated rings. The molecule has 146 valence electrons. The molecular formula is C22H35NO3. The second kappa shape index (κ2) is 11.9. The fourth-order valence-corrected chi connectivity index (χ4v) is 3.75. The molecule has 26 heavy (non-hydrogen) atoms. The van der Waals surface area contributed by atoms with Crippen LogP contribution in [0.5, 0.6) is 5.75 Å². The summed E-state index contributed by atoms with van der Waals surface area (Å²) >= 11 is 0. The minimum atomic E-state index is -0.675. The zero-order valence-corrected chi connectivity index (χ0v) is 16.3. The normalized spacial score (nSPS) is 17.5. The maximum absolute atomic E-state index is 10.4. The third-order valence-electron chi connectivity index (χ3n) is 5.34. The summed E-state index contributed by atoms with van der Waals surface area (Å²) in [6.07, 6.45) is 11.9. The number of aliphatic carboxylic acids is 1. The van der Waals surface area contributed by atoms with Crippen LogP contribution in [0, 0.1) is 0 Å². The van der Waals surface area contributed by atoms with Crippen LogP contribution in [0.2, 0.25) is 0 Å². The van der Waals surface area contributed by atoms with Gasteiger partial charge >= 0.3 is 5.97 Å². The third-order valence-corrected chi connectivity index (χ3v) is 5.34. The van der Waals surface area contributed by atoms with Crippen LogP contribution in [-0.2, 0) is 4.79 Å². The van der Waals surface area contributed by atoms with E-state index in [-0.39, 0.29) is 0 Å². The summed E-state index contributed by atoms with van der Waals surface area (Å²) in [4.78, 5) is 12.8. The van der Waals surface area contributed by atoms with Gasteiger partial charge in [-0.1, -0.05) is 50.7 Å². The van der Waals surface area contributed by atoms with Crippen molar-refractivity contribution in [1.82, 2.24) is 4.90 Å². The Morgan fingerprint density at radius 2 is 1.65 bits per heavy atom. The van der Waals surface area contributed by atoms with Crippen molar-refractivity contribution >= 4 is 5.97 Å². The monoisotopic (exact) mass is 361 g/mol. The first-order valence-electron chi connectivity index (χ1n) is 10.3. The van der Waals surface area contributed by atoms with Crippen molar-refractivity contribution in [3.05, 3.63) is 29.8 Å². The molecule has 0 amide bonds. The van der Waals surface area contributed by atoms with Gasteiger partial charge < -0.3 is 9.84 Å². The van der Waals surface area contributed by atoms with E-state index in [0.717, 1.165) is 38.0 Å². The lowest BCUT2D eigenvalue weighted by Gasteiger charge is -2.20. The molecule has 1 heterocycles. The van der Waals surface area contributed by atoms with Gasteiger partial charge in [-0.3, -0.25) is 9.69 Å². The number of likely N-dealkylation sites (tertiary alicyclic amines) is 1. The quantitative estimate of drug-likeness (QED) is 0.476. The summed E-state index contributed by atoms with van der Waals surface area (Å²) in [6, 6.07) is 9.23. The average molecular weight is 362 g/mol. The zero-order valence-electron chi connectivity index (χ0n) is 16.3. The Balaban J connectivity index is 1.46. The lowest BCUT2D eigenvalue weighted by Crippen LogP contribution is -2.17. The van der Waals surface area contributed by atoms with Crippen LogP contribution in [-0.4, -0.2) is 36.2 Å². The van der Waals surface area contributed by atoms with Gasteiger partial charge in [-0.25, -0.2) is 0 Å². The van der Waals surface area contributed by atoms with E-state index in [9.17, 15) is 4.79 Å². The van der Waals surface area contributed by atoms with Gasteiger partial charge in [0.05, 0.1) is 6.61 Å². The highest BCUT2D eigenvalue weighted by Gasteiger charge is 2.22. The average Bonchev–Trinajstić information content (AvgIpc) is 3.06. The molecule has 1 aromatic carbocycles. The summed E-state index contributed by atoms with van der Waals surface area (Å²) in [6.45, 7) is 1.99. The summed E-state index contributed by atoms with van der Waals surface area (Å²) in [5.41, 5.74) is 1.40. The van der Waals surface area contributed by atoms with E-state index < -0.39 is 5.97 Å². The Morgan fingerprint density at radius 3 is 2.23 bits per heavy atom. The van der Waals surface area contributed by atoms with Gasteiger partial charge in [-0.05, 0) is 57.0 Å². The van der Waals surface area contributed by atoms with Crippen molar-refractivity contribution in [3.8, 4) is 5.75 Å². The molecule has 1 N–H and O–H groups in total. The Hall–Kier alpha value is -1.55. The summed E-state index contributed by atoms with van der Waals surface area (Å²) in [5.74, 6) is 0.304. The van der Waals surface area contributed by atoms with Crippen LogP contribution < -0.4 is 4.74 Å². The summed E-state index contributed by atoms with van der Waals surface area (Å²) < 4.78 is 5.86. The van der Waals surface area contributed by atoms with Crippen molar-refractivity contribution in [1.29, 1.82) is 0 Å². The van der Waals surface area contributed by atoms with E-state index in [2.05, 4.69) is 36.2 Å². The fraction of sp³-hybridized carbons (Fsp3) is 0.682. The van der Waals surface area contributed by atoms with Crippen molar-refractivity contribution < 1.29 is 14.6 Å². The van der Waals surface area contributed by atoms with E-state index in [1.165, 1.54) is 50.6 Å². The largest absolute Gasteiger partial charge is 0.494 e. The van der Waals surface area contributed by atoms with Crippen LogP contribution >= 0.6 is 0 Å². The van der Waals surface area contributed by atoms with Gasteiger partial charge in [-0.15, -0.1) is 0 Å². The number of carboxylic acid groups (broad SMARTS) is 1. The van der Waals surface area contributed by atoms with E-state index in [1.54, 1.807) is 0 Å². The Bertz CT molecular complexity index is 515. The summed E-state index contributed by atoms with van der Waals surface area (Å²) in [7, 11) is 2.21. The second-order valence-corrected chi connectivity index (χ2v) is 7.53. The van der Waals surface area contributed by atoms with Crippen molar-refractivity contribution in [2.75, 3.05) is 20.2 Å². The maximum atomic E-state index is 10.4. The first-order chi connectivity index (χ1) is 12.7. The highest BCUT2D eigenvalue weighted by molar-refractivity contribution is 5.66. The predicted molar refractivity (Wildman–Crippen MR) is 106 cm³/mol. The van der Waals surface area contributed by atoms with Crippen molar-refractivity contribution in [2.45, 2.75) is 76.7 Å². The number of carbonyl (C=O) groups is 1. The first kappa shape index (κ1) is 20.8. The van der Waals surface area contributed by atoms with Gasteiger partial charge in [0, 0.05) is 12.5 Å². The molecule has 0 bridgehead atoms. The number of nitrogens with zero attached hydrogens (tertiary/aromatic N) is 1. The van der Waals surface area contributed by atoms with Crippen LogP contribution in [0.4, 0.5) is 0 Å². The fourth-order valence-electron chi connectivity index (χ4n) is 3.75. The van der Waals surface area contributed by atoms with Crippen molar-refractivity contribution in [2.24, 2.45) is 0 Å². The van der Waals surface area contributed by atoms with Crippen LogP contribution in [0.15, 0.2) is 24.3 Å². The van der Waals surface area contributed by atoms with Gasteiger partial charge in [0.15, 0.2) is 0 Å². The lowest BCUT2D eigenvalue weighted by atomic mass is 10.0. The molecule has 2 rings (SSSR count). The van der Waals surface area contributed by atoms with E-state index in [1.807, 2.05) is 0 Å². The maximum Gasteiger partial charge on any atom is 0.303 e. The number of hydrogen-bond donors (Lipinski definition) is 1. The summed E-state index contributed by atoms with van der Waals surface area (Å²) in [5, 5.41) is 8.58. The highest BCUT2D eigenvalue weighted by atomic mass is 16.5. The molecule has 1 unspecified atom stereocenters. The van der Waals surface area contributed by atoms with Crippen LogP contribution in [0.1, 0.15) is 82.2 Å². The SMILES string of the molecule is CN1CCCC1c1ccc(OCCCCCCCCCCC(=O)O)cc1. The molecule has 1 saturated heterocycles. The molecule has 0 spiro atoms. The zero-order chi connectivity index (χ0) is 18.6. The molecule has 0 radical (unpaired) electrons. The minimum Gasteiger partial charge on any atom is -0.494 e. The number of ether oxygens (including phenoxy) is 1. The van der Waals surface area contributed by atoms with Gasteiger partial charge in [0.25, 0.3) is 0 Å². The van der Waals surface area contributed by atoms with E-state index >= 15 is 0 Å². The Morgan fingerprint density at radius 1 is 1.04 bits per heavy atom. The number of benzene rings is 1. The topological polar surface area (TPSA) is 49.8 Å². The van der Waals surface area contributed by atoms with Gasteiger partial charge in [0.1, 0.15) is 5.75 Å². The molecule has 1 aliphatic rings. The molecular weight excluding hydrogens is 326 g/mol. The molecule has 4 nitrogen and oxygen atoms in total. The number of hydrogen-bond acceptors (Lipinski definition) is 3. The molecule has 4 heteroatoms. The molecule has 1 aliphatic heterocycles. The highest BCUT2D eigenvalue weighted by Crippen LogP contribution is 2.31. The van der Waals surface area contributed by atoms with Gasteiger partial charge in [-0.2, -0.15) is 0 Å². The number of carboxylic acids is 1. The molecule has 1 atom stereocenters. The predicted octanol–water partition coefficient (Wildman–Crippen LogP) is 5.43. The molecule has 0 saturated carbocycles. The van der Waals surface area contributed by atoms with E-state index in [4.69, 9.17) is 9.84 Å². The number of unbranched alkanes of at least 4 members (excludes halogenated alkanes) is 7. The Kier molecular flexibility index (Phi) is 9.54. The van der Waals surface area contributed by atoms with Crippen molar-refractivity contribution in [3.63, 3.8) is 0 Å². The first-order valence-corrected chi connectivity index (χ1v) is 10.3. The molecule has 0 aromatic heterocycles. The lowest BCUT2D eigenvalue weighted by molar-refractivity contribution is -0.137. The second-order valence-electron chi connectivity index (χ2n) is 7.53. The smallest absolute Gasteiger partial charge is 0.303 e. The Labute approximate surface area is 158 Å². The number of rotatable bonds is 13. The minimum absolute atomic E-state index is 0.315. The molecule has 1 aromatic rings.